The lowest BCUT2D eigenvalue weighted by atomic mass is 10.3. The Kier molecular flexibility index (Phi) is 4.59. The highest BCUT2D eigenvalue weighted by Crippen LogP contribution is 2.03. The Balaban J connectivity index is 2.39. The minimum Gasteiger partial charge on any atom is -0.494 e. The normalized spacial score (nSPS) is 16.4. The minimum atomic E-state index is -1.14. The molecule has 0 aromatic rings. The summed E-state index contributed by atoms with van der Waals surface area (Å²) in [5.74, 6) is -1.63. The molecule has 1 atom stereocenters. The molecule has 0 fully saturated rings. The van der Waals surface area contributed by atoms with Crippen molar-refractivity contribution < 1.29 is 28.9 Å². The molecule has 1 aliphatic heterocycles. The highest BCUT2D eigenvalue weighted by Gasteiger charge is 2.20. The topological polar surface area (TPSA) is 94.1 Å². The number of amides is 1. The van der Waals surface area contributed by atoms with Gasteiger partial charge in [0.1, 0.15) is 19.5 Å². The number of ether oxygens (including phenoxy) is 3. The van der Waals surface area contributed by atoms with Gasteiger partial charge in [-0.3, -0.25) is 4.79 Å². The molecule has 1 unspecified atom stereocenters. The van der Waals surface area contributed by atoms with Crippen molar-refractivity contribution in [3.8, 4) is 0 Å². The van der Waals surface area contributed by atoms with Crippen molar-refractivity contribution in [3.05, 3.63) is 12.0 Å². The Hall–Kier alpha value is -1.76. The lowest BCUT2D eigenvalue weighted by Gasteiger charge is -2.16. The fourth-order valence-corrected chi connectivity index (χ4v) is 1.03. The van der Waals surface area contributed by atoms with Crippen LogP contribution >= 0.6 is 0 Å². The SMILES string of the molecule is COC(CNC(=O)C1=COCCO1)C(=O)O. The Morgan fingerprint density at radius 2 is 2.38 bits per heavy atom. The number of carbonyl (C=O) groups is 2. The Bertz CT molecular complexity index is 300. The van der Waals surface area contributed by atoms with Crippen LogP contribution in [0.2, 0.25) is 0 Å². The number of aliphatic carboxylic acids is 1. The number of carboxylic acids is 1. The Labute approximate surface area is 92.0 Å². The van der Waals surface area contributed by atoms with E-state index in [9.17, 15) is 9.59 Å². The minimum absolute atomic E-state index is 0.0338. The number of nitrogens with one attached hydrogen (secondary N) is 1. The van der Waals surface area contributed by atoms with Gasteiger partial charge in [-0.25, -0.2) is 4.79 Å². The maximum Gasteiger partial charge on any atom is 0.334 e. The van der Waals surface area contributed by atoms with Crippen LogP contribution in [-0.4, -0.2) is 50.0 Å². The predicted octanol–water partition coefficient (Wildman–Crippen LogP) is -0.910. The van der Waals surface area contributed by atoms with Gasteiger partial charge in [0.05, 0.1) is 6.54 Å². The number of methoxy groups -OCH3 is 1. The van der Waals surface area contributed by atoms with Gasteiger partial charge in [0.2, 0.25) is 5.76 Å². The van der Waals surface area contributed by atoms with Gasteiger partial charge < -0.3 is 24.6 Å². The molecule has 1 aliphatic rings. The average molecular weight is 231 g/mol. The fourth-order valence-electron chi connectivity index (χ4n) is 1.03. The van der Waals surface area contributed by atoms with Crippen LogP contribution < -0.4 is 5.32 Å². The van der Waals surface area contributed by atoms with Gasteiger partial charge in [-0.05, 0) is 0 Å². The van der Waals surface area contributed by atoms with Gasteiger partial charge in [-0.1, -0.05) is 0 Å². The van der Waals surface area contributed by atoms with Gasteiger partial charge in [0, 0.05) is 7.11 Å². The molecule has 1 rings (SSSR count). The second-order valence-corrected chi connectivity index (χ2v) is 2.97. The molecule has 0 saturated heterocycles. The van der Waals surface area contributed by atoms with E-state index in [1.165, 1.54) is 13.4 Å². The molecule has 1 amide bonds. The van der Waals surface area contributed by atoms with Crippen LogP contribution in [0.15, 0.2) is 12.0 Å². The monoisotopic (exact) mass is 231 g/mol. The summed E-state index contributed by atoms with van der Waals surface area (Å²) in [7, 11) is 1.25. The number of hydrogen-bond acceptors (Lipinski definition) is 5. The fraction of sp³-hybridized carbons (Fsp3) is 0.556. The molecule has 0 saturated carbocycles. The van der Waals surface area contributed by atoms with Crippen molar-refractivity contribution in [1.29, 1.82) is 0 Å². The van der Waals surface area contributed by atoms with E-state index in [1.54, 1.807) is 0 Å². The number of hydrogen-bond donors (Lipinski definition) is 2. The molecule has 0 bridgehead atoms. The lowest BCUT2D eigenvalue weighted by molar-refractivity contribution is -0.148. The van der Waals surface area contributed by atoms with E-state index in [2.05, 4.69) is 10.1 Å². The summed E-state index contributed by atoms with van der Waals surface area (Å²) in [6, 6.07) is 0. The smallest absolute Gasteiger partial charge is 0.334 e. The largest absolute Gasteiger partial charge is 0.494 e. The summed E-state index contributed by atoms with van der Waals surface area (Å²) in [4.78, 5) is 22.0. The maximum atomic E-state index is 11.4. The van der Waals surface area contributed by atoms with E-state index in [-0.39, 0.29) is 12.3 Å². The lowest BCUT2D eigenvalue weighted by Crippen LogP contribution is -2.39. The molecule has 1 heterocycles. The molecule has 7 nitrogen and oxygen atoms in total. The molecule has 16 heavy (non-hydrogen) atoms. The average Bonchev–Trinajstić information content (AvgIpc) is 2.30. The second kappa shape index (κ2) is 5.96. The van der Waals surface area contributed by atoms with Crippen LogP contribution in [-0.2, 0) is 23.8 Å². The van der Waals surface area contributed by atoms with E-state index in [0.717, 1.165) is 0 Å². The van der Waals surface area contributed by atoms with Crippen molar-refractivity contribution in [1.82, 2.24) is 5.32 Å². The molecule has 7 heteroatoms. The number of rotatable bonds is 5. The van der Waals surface area contributed by atoms with Crippen molar-refractivity contribution >= 4 is 11.9 Å². The summed E-state index contributed by atoms with van der Waals surface area (Å²) in [5.41, 5.74) is 0. The highest BCUT2D eigenvalue weighted by atomic mass is 16.6. The summed E-state index contributed by atoms with van der Waals surface area (Å²) in [5, 5.41) is 11.0. The first-order valence-electron chi connectivity index (χ1n) is 4.63. The van der Waals surface area contributed by atoms with Crippen LogP contribution in [0.1, 0.15) is 0 Å². The maximum absolute atomic E-state index is 11.4. The molecule has 0 aromatic carbocycles. The van der Waals surface area contributed by atoms with Crippen LogP contribution in [0, 0.1) is 0 Å². The Morgan fingerprint density at radius 1 is 1.62 bits per heavy atom. The van der Waals surface area contributed by atoms with Gasteiger partial charge >= 0.3 is 5.97 Å². The summed E-state index contributed by atoms with van der Waals surface area (Å²) < 4.78 is 14.5. The van der Waals surface area contributed by atoms with Gasteiger partial charge in [-0.15, -0.1) is 0 Å². The second-order valence-electron chi connectivity index (χ2n) is 2.97. The molecule has 0 radical (unpaired) electrons. The molecule has 2 N–H and O–H groups in total. The van der Waals surface area contributed by atoms with E-state index in [1.807, 2.05) is 0 Å². The molecule has 0 aliphatic carbocycles. The van der Waals surface area contributed by atoms with Crippen molar-refractivity contribution in [2.24, 2.45) is 0 Å². The quantitative estimate of drug-likeness (QED) is 0.636. The van der Waals surface area contributed by atoms with E-state index in [4.69, 9.17) is 14.6 Å². The zero-order valence-corrected chi connectivity index (χ0v) is 8.76. The van der Waals surface area contributed by atoms with Crippen molar-refractivity contribution in [2.45, 2.75) is 6.10 Å². The zero-order valence-electron chi connectivity index (χ0n) is 8.76. The summed E-state index contributed by atoms with van der Waals surface area (Å²) in [6.07, 6.45) is 0.121. The van der Waals surface area contributed by atoms with Crippen LogP contribution in [0.25, 0.3) is 0 Å². The van der Waals surface area contributed by atoms with Crippen LogP contribution in [0.5, 0.6) is 0 Å². The van der Waals surface area contributed by atoms with E-state index < -0.39 is 18.0 Å². The Morgan fingerprint density at radius 3 is 2.88 bits per heavy atom. The molecular weight excluding hydrogens is 218 g/mol. The standard InChI is InChI=1S/C9H13NO6/c1-14-6(9(12)13)4-10-8(11)7-5-15-2-3-16-7/h5-6H,2-4H2,1H3,(H,10,11)(H,12,13). The predicted molar refractivity (Wildman–Crippen MR) is 51.4 cm³/mol. The molecule has 0 spiro atoms. The van der Waals surface area contributed by atoms with Gasteiger partial charge in [-0.2, -0.15) is 0 Å². The third-order valence-corrected chi connectivity index (χ3v) is 1.88. The van der Waals surface area contributed by atoms with Crippen LogP contribution in [0.4, 0.5) is 0 Å². The molecule has 0 aromatic heterocycles. The third-order valence-electron chi connectivity index (χ3n) is 1.88. The first kappa shape index (κ1) is 12.3. The van der Waals surface area contributed by atoms with Crippen molar-refractivity contribution in [2.75, 3.05) is 26.9 Å². The first-order chi connectivity index (χ1) is 7.65. The number of carbonyl (C=O) groups excluding carboxylic acids is 1. The highest BCUT2D eigenvalue weighted by molar-refractivity contribution is 5.91. The molecule has 90 valence electrons. The third kappa shape index (κ3) is 3.43. The first-order valence-corrected chi connectivity index (χ1v) is 4.63. The van der Waals surface area contributed by atoms with Crippen LogP contribution in [0.3, 0.4) is 0 Å². The number of carboxylic acid groups (broad SMARTS) is 1. The van der Waals surface area contributed by atoms with Crippen molar-refractivity contribution in [3.63, 3.8) is 0 Å². The molecular formula is C9H13NO6. The summed E-state index contributed by atoms with van der Waals surface area (Å²) >= 11 is 0. The van der Waals surface area contributed by atoms with E-state index >= 15 is 0 Å². The van der Waals surface area contributed by atoms with Gasteiger partial charge in [0.15, 0.2) is 6.10 Å². The summed E-state index contributed by atoms with van der Waals surface area (Å²) in [6.45, 7) is 0.559. The zero-order chi connectivity index (χ0) is 12.0. The van der Waals surface area contributed by atoms with E-state index in [0.29, 0.717) is 13.2 Å². The van der Waals surface area contributed by atoms with Gasteiger partial charge in [0.25, 0.3) is 5.91 Å².